The molecule has 0 amide bonds. The Morgan fingerprint density at radius 1 is 1.24 bits per heavy atom. The van der Waals surface area contributed by atoms with Crippen molar-refractivity contribution in [3.63, 3.8) is 0 Å². The van der Waals surface area contributed by atoms with Crippen molar-refractivity contribution in [1.29, 1.82) is 5.26 Å². The average Bonchev–Trinajstić information content (AvgIpc) is 3.53. The predicted octanol–water partition coefficient (Wildman–Crippen LogP) is 3.22. The second-order valence-electron chi connectivity index (χ2n) is 8.30. The molecule has 5 rings (SSSR count). The molecule has 10 nitrogen and oxygen atoms in total. The van der Waals surface area contributed by atoms with E-state index in [4.69, 9.17) is 20.2 Å². The monoisotopic (exact) mass is 460 g/mol. The molecule has 1 aliphatic heterocycles. The van der Waals surface area contributed by atoms with E-state index in [9.17, 15) is 5.26 Å². The van der Waals surface area contributed by atoms with Crippen molar-refractivity contribution in [2.75, 3.05) is 37.4 Å². The number of aromatic amines is 1. The first-order valence-corrected chi connectivity index (χ1v) is 11.6. The van der Waals surface area contributed by atoms with Gasteiger partial charge in [0.05, 0.1) is 16.6 Å². The van der Waals surface area contributed by atoms with Crippen LogP contribution in [0.25, 0.3) is 16.7 Å². The molecule has 6 N–H and O–H groups in total. The minimum Gasteiger partial charge on any atom is -0.485 e. The number of nitrogens with one attached hydrogen (secondary N) is 4. The lowest BCUT2D eigenvalue weighted by molar-refractivity contribution is 0.172. The summed E-state index contributed by atoms with van der Waals surface area (Å²) in [7, 11) is 1.84. The Morgan fingerprint density at radius 2 is 2.03 bits per heavy atom. The molecule has 0 saturated heterocycles. The summed E-state index contributed by atoms with van der Waals surface area (Å²) in [6.07, 6.45) is 8.13. The van der Waals surface area contributed by atoms with E-state index in [-0.39, 0.29) is 0 Å². The highest BCUT2D eigenvalue weighted by Crippen LogP contribution is 2.43. The molecule has 1 aromatic carbocycles. The van der Waals surface area contributed by atoms with Crippen molar-refractivity contribution in [2.24, 2.45) is 5.73 Å². The summed E-state index contributed by atoms with van der Waals surface area (Å²) in [5.74, 6) is 2.29. The molecule has 0 unspecified atom stereocenters. The molecule has 10 heteroatoms. The molecule has 1 saturated carbocycles. The molecule has 0 radical (unpaired) electrons. The highest BCUT2D eigenvalue weighted by molar-refractivity contribution is 5.94. The van der Waals surface area contributed by atoms with Gasteiger partial charge in [0, 0.05) is 37.1 Å². The van der Waals surface area contributed by atoms with Gasteiger partial charge < -0.3 is 36.1 Å². The average molecular weight is 461 g/mol. The van der Waals surface area contributed by atoms with E-state index < -0.39 is 0 Å². The summed E-state index contributed by atoms with van der Waals surface area (Å²) >= 11 is 0. The highest BCUT2D eigenvalue weighted by atomic mass is 16.6. The van der Waals surface area contributed by atoms with Crippen LogP contribution in [0.15, 0.2) is 24.4 Å². The van der Waals surface area contributed by atoms with Gasteiger partial charge >= 0.3 is 0 Å². The van der Waals surface area contributed by atoms with Gasteiger partial charge in [-0.3, -0.25) is 0 Å². The fraction of sp³-hybridized carbons (Fsp3) is 0.375. The molecular weight excluding hydrogens is 432 g/mol. The Hall–Kier alpha value is -3.97. The number of benzene rings is 1. The van der Waals surface area contributed by atoms with E-state index in [0.29, 0.717) is 71.3 Å². The maximum atomic E-state index is 9.56. The van der Waals surface area contributed by atoms with Gasteiger partial charge in [-0.1, -0.05) is 12.8 Å². The second-order valence-corrected chi connectivity index (χ2v) is 8.30. The smallest absolute Gasteiger partial charge is 0.231 e. The normalized spacial score (nSPS) is 15.9. The minimum absolute atomic E-state index is 0.338. The van der Waals surface area contributed by atoms with Crippen molar-refractivity contribution < 1.29 is 9.47 Å². The third-order valence-electron chi connectivity index (χ3n) is 6.16. The largest absolute Gasteiger partial charge is 0.485 e. The van der Waals surface area contributed by atoms with E-state index in [1.54, 1.807) is 6.20 Å². The van der Waals surface area contributed by atoms with Gasteiger partial charge in [-0.2, -0.15) is 15.2 Å². The zero-order valence-electron chi connectivity index (χ0n) is 19.1. The standard InChI is InChI=1S/C24H28N8O2/c1-27-17(8-9-25)16-6-7-18(21-20(16)33-10-11-34-21)30-24-31-22-19(14(12-26)13-28-22)23(32-24)29-15-4-2-3-5-15/h6-8,13,15,27H,2-5,9-11,25H2,1H3,(H3,28,29,30,31,32)/b17-8-. The van der Waals surface area contributed by atoms with Crippen LogP contribution in [0.4, 0.5) is 17.5 Å². The molecule has 1 fully saturated rings. The number of aromatic nitrogens is 3. The molecule has 0 bridgehead atoms. The van der Waals surface area contributed by atoms with E-state index in [2.05, 4.69) is 32.0 Å². The van der Waals surface area contributed by atoms with Crippen LogP contribution in [-0.4, -0.2) is 47.8 Å². The Kier molecular flexibility index (Phi) is 6.10. The lowest BCUT2D eigenvalue weighted by Gasteiger charge is -2.24. The molecule has 176 valence electrons. The number of nitrogens with zero attached hydrogens (tertiary/aromatic N) is 3. The van der Waals surface area contributed by atoms with Crippen molar-refractivity contribution in [2.45, 2.75) is 31.7 Å². The number of ether oxygens (including phenoxy) is 2. The molecular formula is C24H28N8O2. The number of H-pyrrole nitrogens is 1. The maximum absolute atomic E-state index is 9.56. The third kappa shape index (κ3) is 4.06. The van der Waals surface area contributed by atoms with Crippen molar-refractivity contribution in [3.05, 3.63) is 35.5 Å². The molecule has 2 aliphatic rings. The fourth-order valence-electron chi connectivity index (χ4n) is 4.58. The van der Waals surface area contributed by atoms with E-state index in [1.165, 1.54) is 12.8 Å². The van der Waals surface area contributed by atoms with Crippen LogP contribution >= 0.6 is 0 Å². The highest BCUT2D eigenvalue weighted by Gasteiger charge is 2.24. The molecule has 3 aromatic rings. The predicted molar refractivity (Wildman–Crippen MR) is 131 cm³/mol. The van der Waals surface area contributed by atoms with E-state index in [1.807, 2.05) is 25.3 Å². The van der Waals surface area contributed by atoms with Gasteiger partial charge in [-0.05, 0) is 31.1 Å². The number of anilines is 3. The first-order chi connectivity index (χ1) is 16.7. The van der Waals surface area contributed by atoms with Gasteiger partial charge in [0.25, 0.3) is 0 Å². The lowest BCUT2D eigenvalue weighted by Crippen LogP contribution is -2.19. The lowest BCUT2D eigenvalue weighted by atomic mass is 10.1. The molecule has 34 heavy (non-hydrogen) atoms. The van der Waals surface area contributed by atoms with E-state index in [0.717, 1.165) is 24.1 Å². The summed E-state index contributed by atoms with van der Waals surface area (Å²) in [6.45, 7) is 1.30. The van der Waals surface area contributed by atoms with Crippen LogP contribution in [0, 0.1) is 11.3 Å². The van der Waals surface area contributed by atoms with Crippen molar-refractivity contribution in [1.82, 2.24) is 20.3 Å². The fourth-order valence-corrected chi connectivity index (χ4v) is 4.58. The zero-order chi connectivity index (χ0) is 23.5. The second kappa shape index (κ2) is 9.49. The van der Waals surface area contributed by atoms with Gasteiger partial charge in [0.1, 0.15) is 30.7 Å². The van der Waals surface area contributed by atoms with Gasteiger partial charge in [-0.15, -0.1) is 0 Å². The number of nitriles is 1. The first kappa shape index (κ1) is 21.9. The molecule has 0 spiro atoms. The summed E-state index contributed by atoms with van der Waals surface area (Å²) in [4.78, 5) is 12.5. The summed E-state index contributed by atoms with van der Waals surface area (Å²) in [6, 6.07) is 6.43. The number of hydrogen-bond donors (Lipinski definition) is 5. The van der Waals surface area contributed by atoms with E-state index >= 15 is 0 Å². The third-order valence-corrected chi connectivity index (χ3v) is 6.16. The summed E-state index contributed by atoms with van der Waals surface area (Å²) in [5, 5.41) is 20.3. The summed E-state index contributed by atoms with van der Waals surface area (Å²) in [5.41, 5.74) is 9.29. The summed E-state index contributed by atoms with van der Waals surface area (Å²) < 4.78 is 12.0. The van der Waals surface area contributed by atoms with Crippen LogP contribution in [-0.2, 0) is 0 Å². The van der Waals surface area contributed by atoms with Gasteiger partial charge in [0.2, 0.25) is 5.95 Å². The Morgan fingerprint density at radius 3 is 2.76 bits per heavy atom. The van der Waals surface area contributed by atoms with Crippen LogP contribution < -0.4 is 31.2 Å². The van der Waals surface area contributed by atoms with Crippen molar-refractivity contribution >= 4 is 34.2 Å². The number of nitrogens with two attached hydrogens (primary N) is 1. The Labute approximate surface area is 197 Å². The molecule has 0 atom stereocenters. The number of rotatable bonds is 7. The Bertz CT molecular complexity index is 1270. The topological polar surface area (TPSA) is 146 Å². The first-order valence-electron chi connectivity index (χ1n) is 11.6. The van der Waals surface area contributed by atoms with Crippen LogP contribution in [0.2, 0.25) is 0 Å². The van der Waals surface area contributed by atoms with Gasteiger partial charge in [-0.25, -0.2) is 0 Å². The van der Waals surface area contributed by atoms with Crippen LogP contribution in [0.3, 0.4) is 0 Å². The molecule has 3 heterocycles. The number of hydrogen-bond acceptors (Lipinski definition) is 9. The van der Waals surface area contributed by atoms with Crippen LogP contribution in [0.5, 0.6) is 11.5 Å². The van der Waals surface area contributed by atoms with Crippen molar-refractivity contribution in [3.8, 4) is 17.6 Å². The number of fused-ring (bicyclic) bond motifs is 2. The van der Waals surface area contributed by atoms with Crippen LogP contribution in [0.1, 0.15) is 36.8 Å². The quantitative estimate of drug-likeness (QED) is 0.359. The molecule has 1 aliphatic carbocycles. The molecule has 2 aromatic heterocycles. The Balaban J connectivity index is 1.54. The maximum Gasteiger partial charge on any atom is 0.231 e. The zero-order valence-corrected chi connectivity index (χ0v) is 19.1. The minimum atomic E-state index is 0.338. The van der Waals surface area contributed by atoms with Gasteiger partial charge in [0.15, 0.2) is 11.5 Å². The SMILES string of the molecule is CN/C(=C\CN)c1ccc(Nc2nc(NC3CCCC3)c3c(C#N)c[nH]c3n2)c2c1OCCO2.